The maximum Gasteiger partial charge on any atom is 0.325 e. The number of nitrogens with one attached hydrogen (secondary N) is 3. The van der Waals surface area contributed by atoms with Gasteiger partial charge in [0, 0.05) is 18.7 Å². The van der Waals surface area contributed by atoms with Crippen molar-refractivity contribution in [2.45, 2.75) is 18.9 Å². The average Bonchev–Trinajstić information content (AvgIpc) is 3.02. The summed E-state index contributed by atoms with van der Waals surface area (Å²) in [6, 6.07) is 12.1. The highest BCUT2D eigenvalue weighted by molar-refractivity contribution is 6.09. The summed E-state index contributed by atoms with van der Waals surface area (Å²) in [5.74, 6) is -0.732. The summed E-state index contributed by atoms with van der Waals surface area (Å²) in [6.07, 6.45) is 0.444. The van der Waals surface area contributed by atoms with Crippen molar-refractivity contribution >= 4 is 23.8 Å². The third kappa shape index (κ3) is 5.40. The van der Waals surface area contributed by atoms with E-state index in [0.29, 0.717) is 29.8 Å². The van der Waals surface area contributed by atoms with Crippen LogP contribution in [0.15, 0.2) is 48.5 Å². The number of aromatic hydroxyl groups is 1. The van der Waals surface area contributed by atoms with Gasteiger partial charge in [-0.1, -0.05) is 18.2 Å². The molecule has 10 nitrogen and oxygen atoms in total. The smallest absolute Gasteiger partial charge is 0.325 e. The maximum atomic E-state index is 12.9. The highest BCUT2D eigenvalue weighted by Crippen LogP contribution is 2.29. The molecule has 0 bridgehead atoms. The zero-order chi connectivity index (χ0) is 24.0. The number of hydrogen-bond acceptors (Lipinski definition) is 6. The molecule has 2 aromatic carbocycles. The Morgan fingerprint density at radius 3 is 2.45 bits per heavy atom. The van der Waals surface area contributed by atoms with Crippen molar-refractivity contribution in [1.82, 2.24) is 20.9 Å². The number of hydrogen-bond donors (Lipinski definition) is 4. The summed E-state index contributed by atoms with van der Waals surface area (Å²) >= 11 is 0. The predicted molar refractivity (Wildman–Crippen MR) is 119 cm³/mol. The van der Waals surface area contributed by atoms with Crippen LogP contribution in [0.25, 0.3) is 0 Å². The Morgan fingerprint density at radius 1 is 1.09 bits per heavy atom. The second-order valence-corrected chi connectivity index (χ2v) is 7.68. The molecule has 4 N–H and O–H groups in total. The average molecular weight is 454 g/mol. The number of ether oxygens (including phenoxy) is 1. The van der Waals surface area contributed by atoms with Gasteiger partial charge < -0.3 is 25.8 Å². The molecule has 33 heavy (non-hydrogen) atoms. The predicted octanol–water partition coefficient (Wildman–Crippen LogP) is 1.10. The Balaban J connectivity index is 1.45. The first-order valence-electron chi connectivity index (χ1n) is 10.4. The minimum atomic E-state index is -1.28. The second-order valence-electron chi connectivity index (χ2n) is 7.68. The highest BCUT2D eigenvalue weighted by atomic mass is 16.5. The van der Waals surface area contributed by atoms with Crippen LogP contribution in [0.1, 0.15) is 29.3 Å². The van der Waals surface area contributed by atoms with E-state index in [1.807, 2.05) is 0 Å². The lowest BCUT2D eigenvalue weighted by Gasteiger charge is -2.22. The van der Waals surface area contributed by atoms with Crippen LogP contribution >= 0.6 is 0 Å². The van der Waals surface area contributed by atoms with Crippen molar-refractivity contribution in [3.05, 3.63) is 59.7 Å². The number of carbonyl (C=O) groups is 4. The third-order valence-corrected chi connectivity index (χ3v) is 5.31. The van der Waals surface area contributed by atoms with Gasteiger partial charge in [-0.25, -0.2) is 4.79 Å². The van der Waals surface area contributed by atoms with E-state index in [4.69, 9.17) is 4.74 Å². The zero-order valence-electron chi connectivity index (χ0n) is 18.4. The third-order valence-electron chi connectivity index (χ3n) is 5.31. The number of urea groups is 1. The molecule has 5 amide bonds. The molecule has 1 unspecified atom stereocenters. The fraction of sp³-hybridized carbons (Fsp3) is 0.304. The number of imide groups is 1. The van der Waals surface area contributed by atoms with Gasteiger partial charge in [0.25, 0.3) is 11.8 Å². The van der Waals surface area contributed by atoms with E-state index in [-0.39, 0.29) is 18.2 Å². The van der Waals surface area contributed by atoms with Gasteiger partial charge in [0.15, 0.2) is 0 Å². The van der Waals surface area contributed by atoms with Crippen LogP contribution in [0.4, 0.5) is 4.79 Å². The first kappa shape index (κ1) is 23.6. The molecule has 3 rings (SSSR count). The van der Waals surface area contributed by atoms with Crippen molar-refractivity contribution in [3.63, 3.8) is 0 Å². The molecule has 2 aromatic rings. The van der Waals surface area contributed by atoms with E-state index in [9.17, 15) is 24.3 Å². The summed E-state index contributed by atoms with van der Waals surface area (Å²) in [7, 11) is 1.53. The van der Waals surface area contributed by atoms with Crippen molar-refractivity contribution in [1.29, 1.82) is 0 Å². The summed E-state index contributed by atoms with van der Waals surface area (Å²) in [6.45, 7) is 1.72. The number of amides is 5. The van der Waals surface area contributed by atoms with Gasteiger partial charge in [-0.2, -0.15) is 0 Å². The lowest BCUT2D eigenvalue weighted by molar-refractivity contribution is -0.134. The highest BCUT2D eigenvalue weighted by Gasteiger charge is 2.49. The van der Waals surface area contributed by atoms with Crippen LogP contribution < -0.4 is 20.7 Å². The van der Waals surface area contributed by atoms with Gasteiger partial charge in [-0.15, -0.1) is 0 Å². The van der Waals surface area contributed by atoms with Crippen LogP contribution in [-0.4, -0.2) is 60.5 Å². The van der Waals surface area contributed by atoms with E-state index in [2.05, 4.69) is 16.0 Å². The van der Waals surface area contributed by atoms with E-state index >= 15 is 0 Å². The summed E-state index contributed by atoms with van der Waals surface area (Å²) in [5.41, 5.74) is -0.371. The minimum Gasteiger partial charge on any atom is -0.508 e. The van der Waals surface area contributed by atoms with Gasteiger partial charge in [-0.05, 0) is 49.2 Å². The van der Waals surface area contributed by atoms with E-state index in [1.165, 1.54) is 19.2 Å². The molecule has 1 aliphatic heterocycles. The standard InChI is InChI=1S/C23H26N4O6/c1-23(16-7-9-18(33-2)10-8-16)21(31)27(22(32)26-23)14-19(29)24-11-4-12-25-20(30)15-5-3-6-17(28)13-15/h3,5-10,13,28H,4,11-12,14H2,1-2H3,(H,24,29)(H,25,30)(H,26,32). The normalized spacial score (nSPS) is 17.5. The van der Waals surface area contributed by atoms with Crippen molar-refractivity contribution in [2.75, 3.05) is 26.7 Å². The number of phenols is 1. The molecule has 174 valence electrons. The molecule has 0 aromatic heterocycles. The van der Waals surface area contributed by atoms with Crippen LogP contribution in [0.5, 0.6) is 11.5 Å². The maximum absolute atomic E-state index is 12.9. The van der Waals surface area contributed by atoms with Gasteiger partial charge in [0.05, 0.1) is 7.11 Å². The molecule has 1 aliphatic rings. The number of methoxy groups -OCH3 is 1. The molecule has 1 saturated heterocycles. The lowest BCUT2D eigenvalue weighted by atomic mass is 9.92. The van der Waals surface area contributed by atoms with Gasteiger partial charge in [0.2, 0.25) is 5.91 Å². The summed E-state index contributed by atoms with van der Waals surface area (Å²) in [4.78, 5) is 50.4. The molecular formula is C23H26N4O6. The Labute approximate surface area is 190 Å². The number of nitrogens with zero attached hydrogens (tertiary/aromatic N) is 1. The van der Waals surface area contributed by atoms with Crippen molar-refractivity contribution < 1.29 is 29.0 Å². The van der Waals surface area contributed by atoms with Gasteiger partial charge >= 0.3 is 6.03 Å². The minimum absolute atomic E-state index is 0.00139. The largest absolute Gasteiger partial charge is 0.508 e. The summed E-state index contributed by atoms with van der Waals surface area (Å²) in [5, 5.41) is 17.4. The number of carbonyl (C=O) groups excluding carboxylic acids is 4. The van der Waals surface area contributed by atoms with Gasteiger partial charge in [0.1, 0.15) is 23.6 Å². The van der Waals surface area contributed by atoms with E-state index in [1.54, 1.807) is 43.3 Å². The zero-order valence-corrected chi connectivity index (χ0v) is 18.4. The molecule has 0 radical (unpaired) electrons. The van der Waals surface area contributed by atoms with Crippen LogP contribution in [0.2, 0.25) is 0 Å². The Morgan fingerprint density at radius 2 is 1.79 bits per heavy atom. The van der Waals surface area contributed by atoms with Crippen LogP contribution in [0.3, 0.4) is 0 Å². The molecule has 0 spiro atoms. The molecule has 10 heteroatoms. The SMILES string of the molecule is COc1ccc(C2(C)NC(=O)N(CC(=O)NCCCNC(=O)c3cccc(O)c3)C2=O)cc1. The molecule has 1 heterocycles. The second kappa shape index (κ2) is 10.0. The van der Waals surface area contributed by atoms with Crippen molar-refractivity contribution in [3.8, 4) is 11.5 Å². The molecular weight excluding hydrogens is 428 g/mol. The van der Waals surface area contributed by atoms with Crippen LogP contribution in [0, 0.1) is 0 Å². The summed E-state index contributed by atoms with van der Waals surface area (Å²) < 4.78 is 5.11. The monoisotopic (exact) mass is 454 g/mol. The fourth-order valence-corrected chi connectivity index (χ4v) is 3.43. The van der Waals surface area contributed by atoms with Crippen molar-refractivity contribution in [2.24, 2.45) is 0 Å². The Bertz CT molecular complexity index is 1060. The molecule has 0 saturated carbocycles. The molecule has 0 aliphatic carbocycles. The number of rotatable bonds is 9. The number of phenolic OH excluding ortho intramolecular Hbond substituents is 1. The van der Waals surface area contributed by atoms with Crippen LogP contribution in [-0.2, 0) is 15.1 Å². The Kier molecular flexibility index (Phi) is 7.17. The first-order chi connectivity index (χ1) is 15.7. The Hall–Kier alpha value is -4.08. The molecule has 1 atom stereocenters. The quantitative estimate of drug-likeness (QED) is 0.331. The first-order valence-corrected chi connectivity index (χ1v) is 10.4. The van der Waals surface area contributed by atoms with E-state index < -0.39 is 29.9 Å². The van der Waals surface area contributed by atoms with Gasteiger partial charge in [-0.3, -0.25) is 19.3 Å². The van der Waals surface area contributed by atoms with E-state index in [0.717, 1.165) is 4.90 Å². The fourth-order valence-electron chi connectivity index (χ4n) is 3.43. The number of benzene rings is 2. The topological polar surface area (TPSA) is 137 Å². The lowest BCUT2D eigenvalue weighted by Crippen LogP contribution is -2.43. The molecule has 1 fully saturated rings.